The molecule has 2 heteroatoms. The summed E-state index contributed by atoms with van der Waals surface area (Å²) in [7, 11) is 2.77. The van der Waals surface area contributed by atoms with E-state index < -0.39 is 0 Å². The van der Waals surface area contributed by atoms with Crippen molar-refractivity contribution in [3.8, 4) is 0 Å². The highest BCUT2D eigenvalue weighted by Gasteiger charge is 2.36. The molecule has 0 bridgehead atoms. The van der Waals surface area contributed by atoms with Gasteiger partial charge in [-0.2, -0.15) is 0 Å². The molecule has 1 fully saturated rings. The van der Waals surface area contributed by atoms with Gasteiger partial charge in [-0.3, -0.25) is 0 Å². The molecule has 0 saturated carbocycles. The molecular formula is C14H24NP. The fraction of sp³-hybridized carbons (Fsp3) is 0.571. The van der Waals surface area contributed by atoms with Gasteiger partial charge in [-0.25, -0.2) is 0 Å². The first-order valence-electron chi connectivity index (χ1n) is 5.89. The Morgan fingerprint density at radius 1 is 1.38 bits per heavy atom. The summed E-state index contributed by atoms with van der Waals surface area (Å²) in [6, 6.07) is 0. The fourth-order valence-electron chi connectivity index (χ4n) is 1.73. The predicted octanol–water partition coefficient (Wildman–Crippen LogP) is 3.81. The van der Waals surface area contributed by atoms with Crippen LogP contribution in [0.2, 0.25) is 0 Å². The Hall–Kier alpha value is -0.550. The minimum Gasteiger partial charge on any atom is -0.371 e. The maximum absolute atomic E-state index is 4.15. The van der Waals surface area contributed by atoms with Crippen LogP contribution in [0.1, 0.15) is 27.7 Å². The normalized spacial score (nSPS) is 19.1. The quantitative estimate of drug-likeness (QED) is 0.533. The van der Waals surface area contributed by atoms with Gasteiger partial charge in [0.25, 0.3) is 0 Å². The van der Waals surface area contributed by atoms with Crippen molar-refractivity contribution >= 4 is 9.24 Å². The van der Waals surface area contributed by atoms with E-state index in [1.54, 1.807) is 0 Å². The van der Waals surface area contributed by atoms with Gasteiger partial charge in [0.15, 0.2) is 0 Å². The van der Waals surface area contributed by atoms with Gasteiger partial charge in [0, 0.05) is 18.8 Å². The lowest BCUT2D eigenvalue weighted by Crippen LogP contribution is -2.51. The molecule has 16 heavy (non-hydrogen) atoms. The monoisotopic (exact) mass is 237 g/mol. The average Bonchev–Trinajstić information content (AvgIpc) is 2.09. The van der Waals surface area contributed by atoms with Crippen LogP contribution in [0, 0.1) is 11.3 Å². The lowest BCUT2D eigenvalue weighted by atomic mass is 9.76. The van der Waals surface area contributed by atoms with Crippen LogP contribution in [0.4, 0.5) is 0 Å². The van der Waals surface area contributed by atoms with E-state index in [4.69, 9.17) is 0 Å². The third-order valence-electron chi connectivity index (χ3n) is 3.29. The molecule has 0 amide bonds. The van der Waals surface area contributed by atoms with Crippen LogP contribution in [-0.4, -0.2) is 18.0 Å². The first kappa shape index (κ1) is 13.5. The Balaban J connectivity index is 2.49. The van der Waals surface area contributed by atoms with Gasteiger partial charge in [0.1, 0.15) is 0 Å². The van der Waals surface area contributed by atoms with Crippen LogP contribution in [-0.2, 0) is 0 Å². The minimum atomic E-state index is 0.421. The van der Waals surface area contributed by atoms with Crippen molar-refractivity contribution in [2.45, 2.75) is 27.7 Å². The Morgan fingerprint density at radius 2 is 1.94 bits per heavy atom. The minimum absolute atomic E-state index is 0.421. The fourth-order valence-corrected chi connectivity index (χ4v) is 2.02. The Bertz CT molecular complexity index is 314. The number of allylic oxidation sites excluding steroid dienone is 4. The average molecular weight is 237 g/mol. The third-order valence-corrected chi connectivity index (χ3v) is 3.82. The van der Waals surface area contributed by atoms with Gasteiger partial charge in [-0.1, -0.05) is 45.6 Å². The number of hydrogen-bond donors (Lipinski definition) is 0. The second kappa shape index (κ2) is 5.19. The molecule has 0 aromatic heterocycles. The highest BCUT2D eigenvalue weighted by atomic mass is 31.0. The van der Waals surface area contributed by atoms with Crippen molar-refractivity contribution in [1.82, 2.24) is 4.90 Å². The van der Waals surface area contributed by atoms with Crippen LogP contribution < -0.4 is 0 Å². The molecule has 90 valence electrons. The summed E-state index contributed by atoms with van der Waals surface area (Å²) in [5, 5.41) is 1.19. The van der Waals surface area contributed by atoms with E-state index in [0.717, 1.165) is 24.7 Å². The van der Waals surface area contributed by atoms with Crippen LogP contribution in [0.5, 0.6) is 0 Å². The molecular weight excluding hydrogens is 213 g/mol. The van der Waals surface area contributed by atoms with Crippen molar-refractivity contribution in [1.29, 1.82) is 0 Å². The molecule has 1 aliphatic heterocycles. The summed E-state index contributed by atoms with van der Waals surface area (Å²) >= 11 is 0. The highest BCUT2D eigenvalue weighted by Crippen LogP contribution is 2.37. The molecule has 1 saturated heterocycles. The molecule has 0 aliphatic carbocycles. The molecule has 1 heterocycles. The molecule has 1 atom stereocenters. The van der Waals surface area contributed by atoms with E-state index in [9.17, 15) is 0 Å². The van der Waals surface area contributed by atoms with Gasteiger partial charge < -0.3 is 4.90 Å². The number of likely N-dealkylation sites (tertiary alicyclic amines) is 1. The Kier molecular flexibility index (Phi) is 4.38. The zero-order chi connectivity index (χ0) is 12.3. The van der Waals surface area contributed by atoms with Gasteiger partial charge in [-0.05, 0) is 23.6 Å². The molecule has 0 spiro atoms. The van der Waals surface area contributed by atoms with Crippen molar-refractivity contribution in [3.63, 3.8) is 0 Å². The molecule has 0 N–H and O–H groups in total. The Morgan fingerprint density at radius 3 is 2.38 bits per heavy atom. The van der Waals surface area contributed by atoms with Gasteiger partial charge in [0.05, 0.1) is 0 Å². The zero-order valence-corrected chi connectivity index (χ0v) is 12.1. The molecule has 0 aromatic carbocycles. The largest absolute Gasteiger partial charge is 0.371 e. The molecule has 1 nitrogen and oxygen atoms in total. The summed E-state index contributed by atoms with van der Waals surface area (Å²) in [5.41, 5.74) is 1.56. The Labute approximate surface area is 102 Å². The molecule has 0 radical (unpaired) electrons. The SMILES string of the molecule is C=C(/C(P)=C\C=C/C)N1CC(C(C)(C)C)C1. The molecule has 1 rings (SSSR count). The van der Waals surface area contributed by atoms with E-state index in [-0.39, 0.29) is 0 Å². The van der Waals surface area contributed by atoms with E-state index in [1.165, 1.54) is 5.31 Å². The van der Waals surface area contributed by atoms with Crippen LogP contribution >= 0.6 is 9.24 Å². The van der Waals surface area contributed by atoms with E-state index in [1.807, 2.05) is 13.0 Å². The summed E-state index contributed by atoms with van der Waals surface area (Å²) in [6.45, 7) is 15.4. The van der Waals surface area contributed by atoms with E-state index >= 15 is 0 Å². The van der Waals surface area contributed by atoms with Crippen molar-refractivity contribution in [2.24, 2.45) is 11.3 Å². The first-order chi connectivity index (χ1) is 7.36. The van der Waals surface area contributed by atoms with Crippen molar-refractivity contribution in [3.05, 3.63) is 35.8 Å². The lowest BCUT2D eigenvalue weighted by Gasteiger charge is -2.48. The maximum Gasteiger partial charge on any atom is 0.0366 e. The van der Waals surface area contributed by atoms with Crippen molar-refractivity contribution in [2.75, 3.05) is 13.1 Å². The topological polar surface area (TPSA) is 3.24 Å². The first-order valence-corrected chi connectivity index (χ1v) is 6.46. The smallest absolute Gasteiger partial charge is 0.0366 e. The molecule has 1 unspecified atom stereocenters. The second-order valence-electron chi connectivity index (χ2n) is 5.56. The molecule has 1 aliphatic rings. The van der Waals surface area contributed by atoms with Crippen LogP contribution in [0.3, 0.4) is 0 Å². The lowest BCUT2D eigenvalue weighted by molar-refractivity contribution is 0.0551. The number of hydrogen-bond acceptors (Lipinski definition) is 1. The third kappa shape index (κ3) is 3.22. The van der Waals surface area contributed by atoms with Gasteiger partial charge in [0.2, 0.25) is 0 Å². The summed E-state index contributed by atoms with van der Waals surface area (Å²) in [6.07, 6.45) is 6.18. The van der Waals surface area contributed by atoms with Crippen LogP contribution in [0.25, 0.3) is 0 Å². The van der Waals surface area contributed by atoms with E-state index in [2.05, 4.69) is 53.6 Å². The summed E-state index contributed by atoms with van der Waals surface area (Å²) < 4.78 is 0. The standard InChI is InChI=1S/C14H24NP/c1-6-7-8-13(16)11(2)15-9-12(10-15)14(3,4)5/h6-8,12H,2,9-10,16H2,1,3-5H3/b7-6-,13-8+. The van der Waals surface area contributed by atoms with Gasteiger partial charge >= 0.3 is 0 Å². The van der Waals surface area contributed by atoms with Gasteiger partial charge in [-0.15, -0.1) is 9.24 Å². The number of rotatable bonds is 3. The molecule has 0 aromatic rings. The van der Waals surface area contributed by atoms with E-state index in [0.29, 0.717) is 5.41 Å². The number of nitrogens with zero attached hydrogens (tertiary/aromatic N) is 1. The maximum atomic E-state index is 4.15. The van der Waals surface area contributed by atoms with Crippen LogP contribution in [0.15, 0.2) is 35.8 Å². The zero-order valence-electron chi connectivity index (χ0n) is 11.0. The summed E-state index contributed by atoms with van der Waals surface area (Å²) in [5.74, 6) is 0.795. The second-order valence-corrected chi connectivity index (χ2v) is 6.18. The van der Waals surface area contributed by atoms with Crippen molar-refractivity contribution < 1.29 is 0 Å². The highest BCUT2D eigenvalue weighted by molar-refractivity contribution is 7.23. The predicted molar refractivity (Wildman–Crippen MR) is 76.3 cm³/mol. The summed E-state index contributed by atoms with van der Waals surface area (Å²) in [4.78, 5) is 2.36.